The standard InChI is InChI=1S/C15H15ClFN3O3/c1-2-6-20(8-9-10(16)4-3-5-11(9)17)14(21)12-7-13(15(22)23)19-18-12/h3-5,7H,2,6,8H2,1H3,(H,18,19)(H,22,23). The molecule has 0 aliphatic carbocycles. The van der Waals surface area contributed by atoms with E-state index in [9.17, 15) is 14.0 Å². The van der Waals surface area contributed by atoms with Gasteiger partial charge in [0.05, 0.1) is 6.54 Å². The summed E-state index contributed by atoms with van der Waals surface area (Å²) in [6, 6.07) is 5.45. The zero-order valence-electron chi connectivity index (χ0n) is 12.3. The first-order valence-electron chi connectivity index (χ1n) is 6.95. The van der Waals surface area contributed by atoms with Crippen LogP contribution in [-0.4, -0.2) is 38.6 Å². The lowest BCUT2D eigenvalue weighted by Crippen LogP contribution is -2.32. The molecular formula is C15H15ClFN3O3. The van der Waals surface area contributed by atoms with Crippen molar-refractivity contribution >= 4 is 23.5 Å². The van der Waals surface area contributed by atoms with Gasteiger partial charge in [-0.15, -0.1) is 0 Å². The summed E-state index contributed by atoms with van der Waals surface area (Å²) in [5.74, 6) is -2.20. The first-order chi connectivity index (χ1) is 10.9. The van der Waals surface area contributed by atoms with Gasteiger partial charge in [-0.1, -0.05) is 24.6 Å². The molecule has 0 saturated carbocycles. The van der Waals surface area contributed by atoms with Crippen molar-refractivity contribution in [3.05, 3.63) is 52.1 Å². The second kappa shape index (κ2) is 7.23. The predicted octanol–water partition coefficient (Wildman–Crippen LogP) is 2.95. The number of H-pyrrole nitrogens is 1. The maximum absolute atomic E-state index is 13.9. The minimum absolute atomic E-state index is 0.0204. The van der Waals surface area contributed by atoms with Gasteiger partial charge in [0.2, 0.25) is 0 Å². The number of carboxylic acid groups (broad SMARTS) is 1. The molecule has 0 fully saturated rings. The highest BCUT2D eigenvalue weighted by molar-refractivity contribution is 6.31. The quantitative estimate of drug-likeness (QED) is 0.847. The number of hydrogen-bond acceptors (Lipinski definition) is 3. The Labute approximate surface area is 136 Å². The number of aromatic amines is 1. The number of halogens is 2. The summed E-state index contributed by atoms with van der Waals surface area (Å²) >= 11 is 5.99. The van der Waals surface area contributed by atoms with Crippen LogP contribution < -0.4 is 0 Å². The van der Waals surface area contributed by atoms with Crippen LogP contribution in [0.15, 0.2) is 24.3 Å². The molecule has 0 atom stereocenters. The zero-order valence-corrected chi connectivity index (χ0v) is 13.1. The van der Waals surface area contributed by atoms with Crippen LogP contribution in [0.25, 0.3) is 0 Å². The zero-order chi connectivity index (χ0) is 17.0. The maximum Gasteiger partial charge on any atom is 0.353 e. The van der Waals surface area contributed by atoms with E-state index in [-0.39, 0.29) is 28.5 Å². The molecule has 1 aromatic heterocycles. The van der Waals surface area contributed by atoms with Gasteiger partial charge in [0.15, 0.2) is 5.69 Å². The highest BCUT2D eigenvalue weighted by Gasteiger charge is 2.22. The van der Waals surface area contributed by atoms with E-state index in [1.54, 1.807) is 6.07 Å². The average molecular weight is 340 g/mol. The molecule has 122 valence electrons. The smallest absolute Gasteiger partial charge is 0.353 e. The topological polar surface area (TPSA) is 86.3 Å². The summed E-state index contributed by atoms with van der Waals surface area (Å²) in [6.07, 6.45) is 0.647. The van der Waals surface area contributed by atoms with Crippen molar-refractivity contribution in [3.63, 3.8) is 0 Å². The van der Waals surface area contributed by atoms with E-state index in [1.165, 1.54) is 17.0 Å². The van der Waals surface area contributed by atoms with Crippen molar-refractivity contribution in [1.82, 2.24) is 15.1 Å². The predicted molar refractivity (Wildman–Crippen MR) is 82.0 cm³/mol. The summed E-state index contributed by atoms with van der Waals surface area (Å²) in [7, 11) is 0. The molecule has 1 heterocycles. The molecule has 0 saturated heterocycles. The molecule has 2 rings (SSSR count). The molecule has 0 spiro atoms. The lowest BCUT2D eigenvalue weighted by atomic mass is 10.2. The van der Waals surface area contributed by atoms with Gasteiger partial charge in [0, 0.05) is 23.2 Å². The van der Waals surface area contributed by atoms with Crippen LogP contribution in [0.2, 0.25) is 5.02 Å². The van der Waals surface area contributed by atoms with Crippen LogP contribution in [-0.2, 0) is 6.54 Å². The molecule has 1 amide bonds. The van der Waals surface area contributed by atoms with Crippen LogP contribution in [0, 0.1) is 5.82 Å². The lowest BCUT2D eigenvalue weighted by molar-refractivity contribution is 0.0689. The van der Waals surface area contributed by atoms with E-state index < -0.39 is 17.7 Å². The van der Waals surface area contributed by atoms with E-state index in [4.69, 9.17) is 16.7 Å². The molecule has 0 aliphatic rings. The third-order valence-corrected chi connectivity index (χ3v) is 3.57. The average Bonchev–Trinajstić information content (AvgIpc) is 2.99. The van der Waals surface area contributed by atoms with Gasteiger partial charge >= 0.3 is 5.97 Å². The molecule has 2 aromatic rings. The number of benzene rings is 1. The van der Waals surface area contributed by atoms with Gasteiger partial charge in [0.25, 0.3) is 5.91 Å². The van der Waals surface area contributed by atoms with Crippen LogP contribution in [0.4, 0.5) is 4.39 Å². The first kappa shape index (κ1) is 17.0. The third-order valence-electron chi connectivity index (χ3n) is 3.22. The van der Waals surface area contributed by atoms with Crippen molar-refractivity contribution in [2.45, 2.75) is 19.9 Å². The van der Waals surface area contributed by atoms with Gasteiger partial charge < -0.3 is 10.0 Å². The molecule has 0 radical (unpaired) electrons. The Kier molecular flexibility index (Phi) is 5.33. The van der Waals surface area contributed by atoms with Gasteiger partial charge in [-0.2, -0.15) is 5.10 Å². The summed E-state index contributed by atoms with van der Waals surface area (Å²) in [6.45, 7) is 2.21. The van der Waals surface area contributed by atoms with Gasteiger partial charge in [0.1, 0.15) is 11.5 Å². The van der Waals surface area contributed by atoms with E-state index in [0.717, 1.165) is 6.07 Å². The van der Waals surface area contributed by atoms with E-state index in [2.05, 4.69) is 10.2 Å². The number of carbonyl (C=O) groups excluding carboxylic acids is 1. The fourth-order valence-electron chi connectivity index (χ4n) is 2.10. The molecule has 0 unspecified atom stereocenters. The van der Waals surface area contributed by atoms with E-state index >= 15 is 0 Å². The van der Waals surface area contributed by atoms with Crippen LogP contribution in [0.3, 0.4) is 0 Å². The minimum atomic E-state index is -1.21. The van der Waals surface area contributed by atoms with Crippen LogP contribution in [0.1, 0.15) is 39.9 Å². The number of carboxylic acids is 1. The van der Waals surface area contributed by atoms with Crippen molar-refractivity contribution in [1.29, 1.82) is 0 Å². The van der Waals surface area contributed by atoms with Crippen molar-refractivity contribution in [2.24, 2.45) is 0 Å². The Bertz CT molecular complexity index is 712. The summed E-state index contributed by atoms with van der Waals surface area (Å²) in [5.41, 5.74) is -0.0120. The molecule has 1 aromatic carbocycles. The first-order valence-corrected chi connectivity index (χ1v) is 7.32. The summed E-state index contributed by atoms with van der Waals surface area (Å²) < 4.78 is 13.9. The number of amides is 1. The van der Waals surface area contributed by atoms with Crippen LogP contribution >= 0.6 is 11.6 Å². The number of hydrogen-bond donors (Lipinski definition) is 2. The fraction of sp³-hybridized carbons (Fsp3) is 0.267. The van der Waals surface area contributed by atoms with Crippen molar-refractivity contribution in [2.75, 3.05) is 6.54 Å². The fourth-order valence-corrected chi connectivity index (χ4v) is 2.32. The van der Waals surface area contributed by atoms with Crippen molar-refractivity contribution < 1.29 is 19.1 Å². The lowest BCUT2D eigenvalue weighted by Gasteiger charge is -2.22. The Morgan fingerprint density at radius 1 is 1.43 bits per heavy atom. The number of aromatic carboxylic acids is 1. The second-order valence-corrected chi connectivity index (χ2v) is 5.31. The molecule has 0 bridgehead atoms. The second-order valence-electron chi connectivity index (χ2n) is 4.90. The highest BCUT2D eigenvalue weighted by atomic mass is 35.5. The highest BCUT2D eigenvalue weighted by Crippen LogP contribution is 2.21. The van der Waals surface area contributed by atoms with Gasteiger partial charge in [-0.05, 0) is 18.6 Å². The van der Waals surface area contributed by atoms with Crippen LogP contribution in [0.5, 0.6) is 0 Å². The molecular weight excluding hydrogens is 325 g/mol. The normalized spacial score (nSPS) is 10.6. The molecule has 8 heteroatoms. The third kappa shape index (κ3) is 3.87. The molecule has 6 nitrogen and oxygen atoms in total. The monoisotopic (exact) mass is 339 g/mol. The van der Waals surface area contributed by atoms with Gasteiger partial charge in [-0.25, -0.2) is 9.18 Å². The van der Waals surface area contributed by atoms with E-state index in [1.807, 2.05) is 6.92 Å². The maximum atomic E-state index is 13.9. The minimum Gasteiger partial charge on any atom is -0.477 e. The molecule has 0 aliphatic heterocycles. The Hall–Kier alpha value is -2.41. The Morgan fingerprint density at radius 2 is 2.17 bits per heavy atom. The SMILES string of the molecule is CCCN(Cc1c(F)cccc1Cl)C(=O)c1cc(C(=O)O)[nH]n1. The summed E-state index contributed by atoms with van der Waals surface area (Å²) in [5, 5.41) is 15.1. The Morgan fingerprint density at radius 3 is 2.74 bits per heavy atom. The Balaban J connectivity index is 2.26. The number of nitrogens with one attached hydrogen (secondary N) is 1. The van der Waals surface area contributed by atoms with Crippen molar-refractivity contribution in [3.8, 4) is 0 Å². The number of rotatable bonds is 6. The molecule has 23 heavy (non-hydrogen) atoms. The largest absolute Gasteiger partial charge is 0.477 e. The molecule has 2 N–H and O–H groups in total. The number of aromatic nitrogens is 2. The van der Waals surface area contributed by atoms with E-state index in [0.29, 0.717) is 13.0 Å². The summed E-state index contributed by atoms with van der Waals surface area (Å²) in [4.78, 5) is 24.7. The number of carbonyl (C=O) groups is 2. The van der Waals surface area contributed by atoms with Gasteiger partial charge in [-0.3, -0.25) is 9.89 Å². The number of nitrogens with zero attached hydrogens (tertiary/aromatic N) is 2.